The van der Waals surface area contributed by atoms with Gasteiger partial charge in [-0.15, -0.1) is 0 Å². The number of fused-ring (bicyclic) bond motifs is 5. The van der Waals surface area contributed by atoms with Crippen molar-refractivity contribution in [1.82, 2.24) is 0 Å². The van der Waals surface area contributed by atoms with E-state index in [2.05, 4.69) is 0 Å². The highest BCUT2D eigenvalue weighted by atomic mass is 19.1. The molecule has 208 valence electrons. The highest BCUT2D eigenvalue weighted by Crippen LogP contribution is 2.69. The fourth-order valence-corrected chi connectivity index (χ4v) is 7.88. The van der Waals surface area contributed by atoms with Crippen LogP contribution >= 0.6 is 0 Å². The smallest absolute Gasteiger partial charge is 0.342 e. The van der Waals surface area contributed by atoms with Crippen molar-refractivity contribution < 1.29 is 43.3 Å². The number of hydrogen-bond acceptors (Lipinski definition) is 8. The first-order chi connectivity index (χ1) is 18.3. The normalized spacial score (nSPS) is 38.7. The molecule has 9 heteroatoms. The Kier molecular flexibility index (Phi) is 6.46. The number of halogens is 1. The molecule has 0 aromatic heterocycles. The van der Waals surface area contributed by atoms with Gasteiger partial charge in [-0.2, -0.15) is 0 Å². The molecular weight excluding hydrogens is 507 g/mol. The van der Waals surface area contributed by atoms with Gasteiger partial charge in [0, 0.05) is 23.7 Å². The number of carbonyl (C=O) groups is 4. The Morgan fingerprint density at radius 1 is 1.13 bits per heavy atom. The number of alkyl halides is 1. The molecule has 5 rings (SSSR count). The highest BCUT2D eigenvalue weighted by Gasteiger charge is 2.74. The van der Waals surface area contributed by atoms with Crippen LogP contribution in [0.2, 0.25) is 0 Å². The van der Waals surface area contributed by atoms with Crippen molar-refractivity contribution in [2.24, 2.45) is 22.7 Å². The van der Waals surface area contributed by atoms with Crippen LogP contribution in [-0.4, -0.2) is 57.7 Å². The molecule has 0 heterocycles. The van der Waals surface area contributed by atoms with E-state index in [-0.39, 0.29) is 29.9 Å². The third kappa shape index (κ3) is 3.84. The number of ketones is 2. The zero-order valence-electron chi connectivity index (χ0n) is 22.2. The predicted octanol–water partition coefficient (Wildman–Crippen LogP) is 3.44. The number of carbonyl (C=O) groups excluding carboxylic acids is 4. The molecule has 0 bridgehead atoms. The Bertz CT molecular complexity index is 1320. The lowest BCUT2D eigenvalue weighted by Crippen LogP contribution is -2.69. The van der Waals surface area contributed by atoms with Crippen LogP contribution < -0.4 is 4.74 Å². The van der Waals surface area contributed by atoms with E-state index in [1.54, 1.807) is 32.1 Å². The van der Waals surface area contributed by atoms with E-state index in [4.69, 9.17) is 9.47 Å². The fourth-order valence-electron chi connectivity index (χ4n) is 7.88. The van der Waals surface area contributed by atoms with Crippen LogP contribution in [0.5, 0.6) is 5.75 Å². The van der Waals surface area contributed by atoms with Crippen molar-refractivity contribution in [2.75, 3.05) is 6.61 Å². The summed E-state index contributed by atoms with van der Waals surface area (Å²) in [5, 5.41) is 23.1. The Morgan fingerprint density at radius 3 is 2.56 bits per heavy atom. The fraction of sp³-hybridized carbons (Fsp3) is 0.533. The summed E-state index contributed by atoms with van der Waals surface area (Å²) < 4.78 is 27.4. The van der Waals surface area contributed by atoms with Gasteiger partial charge in [-0.3, -0.25) is 14.4 Å². The van der Waals surface area contributed by atoms with E-state index in [0.717, 1.165) is 0 Å². The average molecular weight is 541 g/mol. The van der Waals surface area contributed by atoms with Gasteiger partial charge < -0.3 is 19.7 Å². The lowest BCUT2D eigenvalue weighted by Gasteiger charge is -2.62. The van der Waals surface area contributed by atoms with E-state index < -0.39 is 64.4 Å². The van der Waals surface area contributed by atoms with Crippen LogP contribution in [-0.2, 0) is 19.1 Å². The molecule has 0 radical (unpaired) electrons. The Morgan fingerprint density at radius 2 is 1.85 bits per heavy atom. The molecule has 7 atom stereocenters. The van der Waals surface area contributed by atoms with Gasteiger partial charge >= 0.3 is 11.9 Å². The van der Waals surface area contributed by atoms with Crippen LogP contribution in [0.15, 0.2) is 48.1 Å². The lowest BCUT2D eigenvalue weighted by molar-refractivity contribution is -0.217. The topological polar surface area (TPSA) is 127 Å². The quantitative estimate of drug-likeness (QED) is 0.430. The molecule has 4 aliphatic carbocycles. The number of Topliss-reactive ketones (excluding diaryl/α,β-unsaturated/α-hetero) is 1. The average Bonchev–Trinajstić information content (AvgIpc) is 3.14. The third-order valence-electron chi connectivity index (χ3n) is 9.95. The lowest BCUT2D eigenvalue weighted by atomic mass is 9.44. The predicted molar refractivity (Wildman–Crippen MR) is 136 cm³/mol. The largest absolute Gasteiger partial charge is 0.454 e. The third-order valence-corrected chi connectivity index (χ3v) is 9.95. The summed E-state index contributed by atoms with van der Waals surface area (Å²) in [6.45, 7) is 3.87. The van der Waals surface area contributed by atoms with Crippen LogP contribution in [0.1, 0.15) is 63.2 Å². The molecule has 0 amide bonds. The van der Waals surface area contributed by atoms with Gasteiger partial charge in [-0.1, -0.05) is 30.7 Å². The summed E-state index contributed by atoms with van der Waals surface area (Å²) in [5.74, 6) is -3.52. The van der Waals surface area contributed by atoms with Crippen LogP contribution in [0.3, 0.4) is 0 Å². The summed E-state index contributed by atoms with van der Waals surface area (Å²) in [7, 11) is 0. The van der Waals surface area contributed by atoms with Crippen molar-refractivity contribution in [3.8, 4) is 5.75 Å². The minimum absolute atomic E-state index is 0.0126. The van der Waals surface area contributed by atoms with Gasteiger partial charge in [0.05, 0.1) is 6.10 Å². The van der Waals surface area contributed by atoms with Crippen molar-refractivity contribution in [1.29, 1.82) is 0 Å². The molecule has 0 saturated heterocycles. The molecule has 1 aromatic carbocycles. The minimum Gasteiger partial charge on any atom is -0.454 e. The number of ether oxygens (including phenoxy) is 2. The molecule has 0 unspecified atom stereocenters. The summed E-state index contributed by atoms with van der Waals surface area (Å²) in [6, 6.07) is 5.94. The second-order valence-electron chi connectivity index (χ2n) is 11.8. The van der Waals surface area contributed by atoms with Crippen LogP contribution in [0, 0.1) is 22.7 Å². The molecule has 3 saturated carbocycles. The molecular formula is C30H33FO8. The monoisotopic (exact) mass is 540 g/mol. The number of allylic oxidation sites excluding steroid dienone is 4. The summed E-state index contributed by atoms with van der Waals surface area (Å²) in [6.07, 6.45) is 3.96. The van der Waals surface area contributed by atoms with E-state index in [1.165, 1.54) is 31.2 Å². The van der Waals surface area contributed by atoms with Crippen LogP contribution in [0.25, 0.3) is 0 Å². The SMILES string of the molecule is CC(=O)Oc1ccccc1C(=O)OCC(=O)[C@@]1(O)CC[C@H]2[C@@H]3CCC4=CC(=O)C=C[C@]4(C)[C@]3(F)[C@@H](O)C[C@@]21C. The van der Waals surface area contributed by atoms with E-state index in [0.29, 0.717) is 24.8 Å². The summed E-state index contributed by atoms with van der Waals surface area (Å²) >= 11 is 0. The first kappa shape index (κ1) is 27.4. The number of esters is 2. The summed E-state index contributed by atoms with van der Waals surface area (Å²) in [5.41, 5.74) is -5.72. The maximum absolute atomic E-state index is 17.2. The van der Waals surface area contributed by atoms with Crippen molar-refractivity contribution in [2.45, 2.75) is 70.2 Å². The first-order valence-electron chi connectivity index (χ1n) is 13.3. The Balaban J connectivity index is 1.37. The van der Waals surface area contributed by atoms with Crippen molar-refractivity contribution in [3.05, 3.63) is 53.6 Å². The van der Waals surface area contributed by atoms with E-state index >= 15 is 4.39 Å². The number of aliphatic hydroxyl groups excluding tert-OH is 1. The van der Waals surface area contributed by atoms with Gasteiger partial charge in [0.15, 0.2) is 18.1 Å². The van der Waals surface area contributed by atoms with Gasteiger partial charge in [-0.05, 0) is 69.2 Å². The maximum atomic E-state index is 17.2. The van der Waals surface area contributed by atoms with E-state index in [1.807, 2.05) is 0 Å². The number of hydrogen-bond donors (Lipinski definition) is 2. The molecule has 1 aromatic rings. The Hall–Kier alpha value is -3.17. The zero-order chi connectivity index (χ0) is 28.4. The molecule has 39 heavy (non-hydrogen) atoms. The molecule has 8 nitrogen and oxygen atoms in total. The number of benzene rings is 1. The molecule has 2 N–H and O–H groups in total. The number of para-hydroxylation sites is 1. The van der Waals surface area contributed by atoms with E-state index in [9.17, 15) is 29.4 Å². The van der Waals surface area contributed by atoms with Crippen LogP contribution in [0.4, 0.5) is 4.39 Å². The second kappa shape index (κ2) is 9.20. The van der Waals surface area contributed by atoms with Gasteiger partial charge in [0.2, 0.25) is 5.78 Å². The zero-order valence-corrected chi connectivity index (χ0v) is 22.2. The number of aliphatic hydroxyl groups is 2. The van der Waals surface area contributed by atoms with Gasteiger partial charge in [-0.25, -0.2) is 9.18 Å². The summed E-state index contributed by atoms with van der Waals surface area (Å²) in [4.78, 5) is 49.5. The molecule has 0 aliphatic heterocycles. The van der Waals surface area contributed by atoms with Crippen molar-refractivity contribution >= 4 is 23.5 Å². The highest BCUT2D eigenvalue weighted by molar-refractivity contribution is 6.01. The minimum atomic E-state index is -2.07. The van der Waals surface area contributed by atoms with Gasteiger partial charge in [0.1, 0.15) is 16.9 Å². The molecule has 3 fully saturated rings. The standard InChI is InChI=1S/C30H33FO8/c1-17(32)39-23-7-5-4-6-20(23)26(36)38-16-25(35)29(37)13-11-21-22-9-8-18-14-19(33)10-12-27(18,2)30(22,31)24(34)15-28(21,29)3/h4-7,10,12,14,21-22,24,34,37H,8-9,11,13,15-16H2,1-3H3/t21-,22-,24-,27-,28-,29-,30+/m0/s1. The second-order valence-corrected chi connectivity index (χ2v) is 11.8. The van der Waals surface area contributed by atoms with Crippen molar-refractivity contribution in [3.63, 3.8) is 0 Å². The molecule has 4 aliphatic rings. The molecule has 0 spiro atoms. The maximum Gasteiger partial charge on any atom is 0.342 e. The first-order valence-corrected chi connectivity index (χ1v) is 13.3. The Labute approximate surface area is 225 Å². The van der Waals surface area contributed by atoms with Gasteiger partial charge in [0.25, 0.3) is 0 Å². The number of rotatable bonds is 5.